The number of unbranched alkanes of at least 4 members (excludes halogenated alkanes) is 14. The predicted molar refractivity (Wildman–Crippen MR) is 220 cm³/mol. The van der Waals surface area contributed by atoms with Crippen LogP contribution in [0.2, 0.25) is 0 Å². The molecule has 1 unspecified atom stereocenters. The van der Waals surface area contributed by atoms with Crippen LogP contribution >= 0.6 is 0 Å². The number of carboxylic acids is 3. The van der Waals surface area contributed by atoms with Gasteiger partial charge in [-0.15, -0.1) is 0 Å². The monoisotopic (exact) mass is 846 g/mol. The van der Waals surface area contributed by atoms with Crippen LogP contribution in [0, 0.1) is 5.92 Å². The first kappa shape index (κ1) is 55.3. The van der Waals surface area contributed by atoms with Gasteiger partial charge in [-0.05, 0) is 38.5 Å². The molecule has 0 spiro atoms. The maximum atomic E-state index is 12.5. The van der Waals surface area contributed by atoms with Gasteiger partial charge in [0, 0.05) is 38.3 Å². The molecule has 6 N–H and O–H groups in total. The van der Waals surface area contributed by atoms with Crippen LogP contribution < -0.4 is 16.0 Å². The molecule has 0 saturated heterocycles. The molecule has 0 aliphatic rings. The normalized spacial score (nSPS) is 12.2. The van der Waals surface area contributed by atoms with E-state index in [2.05, 4.69) is 16.0 Å². The summed E-state index contributed by atoms with van der Waals surface area (Å²) in [4.78, 5) is 82.1. The van der Waals surface area contributed by atoms with Crippen LogP contribution in [0.25, 0.3) is 0 Å². The minimum atomic E-state index is -1.26. The summed E-state index contributed by atoms with van der Waals surface area (Å²) in [5.74, 6) is -4.55. The first-order valence-electron chi connectivity index (χ1n) is 21.7. The maximum Gasteiger partial charge on any atom is 0.326 e. The lowest BCUT2D eigenvalue weighted by Crippen LogP contribution is -2.43. The highest BCUT2D eigenvalue weighted by molar-refractivity contribution is 5.86. The van der Waals surface area contributed by atoms with Crippen LogP contribution in [0.3, 0.4) is 0 Å². The first-order valence-corrected chi connectivity index (χ1v) is 21.7. The second kappa shape index (κ2) is 38.5. The summed E-state index contributed by atoms with van der Waals surface area (Å²) < 4.78 is 21.3. The van der Waals surface area contributed by atoms with Crippen molar-refractivity contribution in [2.75, 3.05) is 59.4 Å². The molecule has 0 aromatic carbocycles. The minimum Gasteiger partial charge on any atom is -0.481 e. The van der Waals surface area contributed by atoms with Gasteiger partial charge in [0.1, 0.15) is 25.3 Å². The Labute approximate surface area is 350 Å². The molecule has 0 aromatic rings. The Morgan fingerprint density at radius 3 is 1.39 bits per heavy atom. The van der Waals surface area contributed by atoms with E-state index in [1.165, 1.54) is 32.1 Å². The van der Waals surface area contributed by atoms with E-state index >= 15 is 0 Å². The molecule has 342 valence electrons. The molecule has 0 bridgehead atoms. The average molecular weight is 846 g/mol. The topological polar surface area (TPSA) is 253 Å². The molecule has 0 heterocycles. The van der Waals surface area contributed by atoms with Crippen LogP contribution in [0.4, 0.5) is 0 Å². The molecule has 0 rings (SSSR count). The number of carboxylic acid groups (broad SMARTS) is 3. The number of rotatable bonds is 43. The van der Waals surface area contributed by atoms with Crippen molar-refractivity contribution in [3.05, 3.63) is 0 Å². The third-order valence-corrected chi connectivity index (χ3v) is 9.44. The van der Waals surface area contributed by atoms with E-state index in [1.807, 2.05) is 13.8 Å². The van der Waals surface area contributed by atoms with Gasteiger partial charge in [0.25, 0.3) is 0 Å². The molecule has 0 radical (unpaired) electrons. The third kappa shape index (κ3) is 37.1. The van der Waals surface area contributed by atoms with Crippen molar-refractivity contribution in [3.8, 4) is 0 Å². The number of ketones is 1. The Morgan fingerprint density at radius 1 is 0.441 bits per heavy atom. The highest BCUT2D eigenvalue weighted by atomic mass is 16.5. The standard InChI is InChI=1S/C42H75N3O14/c1-33(2)36(46)31-58-29-28-57-26-24-43-39(49)32-59-30-27-56-25-18-17-19-34(41(52)53)44-38(48)23-22-35(42(54)55)45-37(47)20-15-13-11-9-7-5-3-4-6-8-10-12-14-16-21-40(50)51/h33-35H,3-32H2,1-2H3,(H,43,49)(H,44,48)(H,45,47)(H,50,51)(H,52,53)(H,54,55)/t34-,35?/m0/s1. The van der Waals surface area contributed by atoms with Crippen molar-refractivity contribution in [3.63, 3.8) is 0 Å². The van der Waals surface area contributed by atoms with Crippen molar-refractivity contribution >= 4 is 41.4 Å². The van der Waals surface area contributed by atoms with Gasteiger partial charge in [0.2, 0.25) is 17.7 Å². The van der Waals surface area contributed by atoms with Crippen molar-refractivity contribution in [1.29, 1.82) is 0 Å². The Bertz CT molecular complexity index is 1170. The largest absolute Gasteiger partial charge is 0.481 e. The summed E-state index contributed by atoms with van der Waals surface area (Å²) in [6.07, 6.45) is 15.9. The fourth-order valence-corrected chi connectivity index (χ4v) is 5.82. The van der Waals surface area contributed by atoms with E-state index < -0.39 is 41.8 Å². The van der Waals surface area contributed by atoms with Crippen LogP contribution in [-0.4, -0.2) is 128 Å². The summed E-state index contributed by atoms with van der Waals surface area (Å²) >= 11 is 0. The minimum absolute atomic E-state index is 0.0291. The highest BCUT2D eigenvalue weighted by Gasteiger charge is 2.24. The SMILES string of the molecule is CC(C)C(=O)COCCOCCNC(=O)COCCOCCCC[C@H](NC(=O)CCC(NC(=O)CCCCCCCCCCCCCCCCC(=O)O)C(=O)O)C(=O)O. The number of nitrogens with one attached hydrogen (secondary N) is 3. The predicted octanol–water partition coefficient (Wildman–Crippen LogP) is 4.81. The van der Waals surface area contributed by atoms with Crippen LogP contribution in [0.15, 0.2) is 0 Å². The zero-order chi connectivity index (χ0) is 43.9. The quantitative estimate of drug-likeness (QED) is 0.0451. The van der Waals surface area contributed by atoms with Gasteiger partial charge in [-0.2, -0.15) is 0 Å². The number of hydrogen-bond acceptors (Lipinski definition) is 11. The van der Waals surface area contributed by atoms with Gasteiger partial charge in [-0.3, -0.25) is 24.0 Å². The van der Waals surface area contributed by atoms with Crippen molar-refractivity contribution < 1.29 is 67.8 Å². The van der Waals surface area contributed by atoms with Crippen molar-refractivity contribution in [2.45, 2.75) is 161 Å². The summed E-state index contributed by atoms with van der Waals surface area (Å²) in [5, 5.41) is 35.3. The molecule has 0 aromatic heterocycles. The van der Waals surface area contributed by atoms with E-state index in [9.17, 15) is 43.8 Å². The van der Waals surface area contributed by atoms with E-state index in [1.54, 1.807) is 0 Å². The van der Waals surface area contributed by atoms with Gasteiger partial charge in [-0.1, -0.05) is 90.9 Å². The molecule has 2 atom stereocenters. The second-order valence-electron chi connectivity index (χ2n) is 15.1. The van der Waals surface area contributed by atoms with E-state index in [-0.39, 0.29) is 76.1 Å². The number of carbonyl (C=O) groups excluding carboxylic acids is 4. The molecule has 0 saturated carbocycles. The molecular formula is C42H75N3O14. The Morgan fingerprint density at radius 2 is 0.881 bits per heavy atom. The highest BCUT2D eigenvalue weighted by Crippen LogP contribution is 2.14. The lowest BCUT2D eigenvalue weighted by molar-refractivity contribution is -0.143. The molecule has 17 nitrogen and oxygen atoms in total. The number of ether oxygens (including phenoxy) is 4. The number of Topliss-reactive ketones (excluding diaryl/α,β-unsaturated/α-hetero) is 1. The van der Waals surface area contributed by atoms with Crippen LogP contribution in [0.5, 0.6) is 0 Å². The average Bonchev–Trinajstić information content (AvgIpc) is 3.18. The molecule has 0 aliphatic carbocycles. The fourth-order valence-electron chi connectivity index (χ4n) is 5.82. The van der Waals surface area contributed by atoms with Gasteiger partial charge in [0.05, 0.1) is 33.0 Å². The van der Waals surface area contributed by atoms with Crippen LogP contribution in [0.1, 0.15) is 149 Å². The zero-order valence-electron chi connectivity index (χ0n) is 35.8. The first-order chi connectivity index (χ1) is 28.3. The van der Waals surface area contributed by atoms with E-state index in [0.717, 1.165) is 51.4 Å². The lowest BCUT2D eigenvalue weighted by Gasteiger charge is -2.17. The van der Waals surface area contributed by atoms with Crippen molar-refractivity contribution in [1.82, 2.24) is 16.0 Å². The van der Waals surface area contributed by atoms with Crippen LogP contribution in [-0.2, 0) is 52.5 Å². The molecule has 0 fully saturated rings. The lowest BCUT2D eigenvalue weighted by atomic mass is 10.0. The van der Waals surface area contributed by atoms with Gasteiger partial charge >= 0.3 is 17.9 Å². The van der Waals surface area contributed by atoms with E-state index in [4.69, 9.17) is 24.1 Å². The summed E-state index contributed by atoms with van der Waals surface area (Å²) in [6.45, 7) is 5.48. The summed E-state index contributed by atoms with van der Waals surface area (Å²) in [5.41, 5.74) is 0. The molecule has 59 heavy (non-hydrogen) atoms. The maximum absolute atomic E-state index is 12.5. The molecular weight excluding hydrogens is 770 g/mol. The second-order valence-corrected chi connectivity index (χ2v) is 15.1. The third-order valence-electron chi connectivity index (χ3n) is 9.44. The Kier molecular flexibility index (Phi) is 36.1. The fraction of sp³-hybridized carbons (Fsp3) is 0.833. The van der Waals surface area contributed by atoms with E-state index in [0.29, 0.717) is 52.2 Å². The number of carbonyl (C=O) groups is 7. The molecule has 0 aliphatic heterocycles. The Hall–Kier alpha value is -3.67. The van der Waals surface area contributed by atoms with Gasteiger partial charge in [0.15, 0.2) is 5.78 Å². The number of aliphatic carboxylic acids is 3. The summed E-state index contributed by atoms with van der Waals surface area (Å²) in [7, 11) is 0. The Balaban J connectivity index is 3.91. The van der Waals surface area contributed by atoms with Gasteiger partial charge < -0.3 is 50.2 Å². The molecule has 17 heteroatoms. The van der Waals surface area contributed by atoms with Crippen molar-refractivity contribution in [2.24, 2.45) is 5.92 Å². The summed E-state index contributed by atoms with van der Waals surface area (Å²) in [6, 6.07) is -2.41. The molecule has 3 amide bonds. The zero-order valence-corrected chi connectivity index (χ0v) is 35.8. The number of hydrogen-bond donors (Lipinski definition) is 6. The van der Waals surface area contributed by atoms with Gasteiger partial charge in [-0.25, -0.2) is 9.59 Å². The number of amides is 3. The smallest absolute Gasteiger partial charge is 0.326 e.